The highest BCUT2D eigenvalue weighted by atomic mass is 16.4. The predicted molar refractivity (Wildman–Crippen MR) is 75.9 cm³/mol. The molecule has 116 valence electrons. The monoisotopic (exact) mass is 296 g/mol. The number of carbonyl (C=O) groups is 2. The van der Waals surface area contributed by atoms with E-state index in [4.69, 9.17) is 10.8 Å². The Labute approximate surface area is 122 Å². The molecule has 0 aliphatic heterocycles. The number of phenols is 2. The summed E-state index contributed by atoms with van der Waals surface area (Å²) in [6.07, 6.45) is 1.17. The van der Waals surface area contributed by atoms with Crippen LogP contribution in [0.3, 0.4) is 0 Å². The molecule has 0 radical (unpaired) electrons. The average molecular weight is 296 g/mol. The van der Waals surface area contributed by atoms with Gasteiger partial charge in [0.2, 0.25) is 5.91 Å². The Morgan fingerprint density at radius 1 is 1.29 bits per heavy atom. The molecule has 0 heterocycles. The molecule has 1 rings (SSSR count). The van der Waals surface area contributed by atoms with Gasteiger partial charge in [0, 0.05) is 6.42 Å². The molecule has 0 saturated carbocycles. The molecule has 0 fully saturated rings. The van der Waals surface area contributed by atoms with Crippen molar-refractivity contribution in [1.82, 2.24) is 5.32 Å². The van der Waals surface area contributed by atoms with Gasteiger partial charge in [0.25, 0.3) is 0 Å². The molecular formula is C14H20N2O5. The third-order valence-corrected chi connectivity index (χ3v) is 3.03. The zero-order valence-electron chi connectivity index (χ0n) is 11.7. The van der Waals surface area contributed by atoms with Gasteiger partial charge in [-0.1, -0.05) is 19.4 Å². The lowest BCUT2D eigenvalue weighted by molar-refractivity contribution is -0.142. The summed E-state index contributed by atoms with van der Waals surface area (Å²) in [6.45, 7) is 1.88. The molecular weight excluding hydrogens is 276 g/mol. The van der Waals surface area contributed by atoms with Crippen molar-refractivity contribution in [2.45, 2.75) is 38.3 Å². The van der Waals surface area contributed by atoms with Crippen molar-refractivity contribution in [1.29, 1.82) is 0 Å². The van der Waals surface area contributed by atoms with E-state index in [-0.39, 0.29) is 17.9 Å². The quantitative estimate of drug-likeness (QED) is 0.461. The number of amides is 1. The minimum atomic E-state index is -1.19. The molecule has 1 aromatic carbocycles. The molecule has 2 atom stereocenters. The number of phenolic OH excluding ortho intramolecular Hbond substituents is 2. The van der Waals surface area contributed by atoms with Crippen LogP contribution in [-0.2, 0) is 16.0 Å². The van der Waals surface area contributed by atoms with E-state index < -0.39 is 24.0 Å². The molecule has 0 aliphatic carbocycles. The standard InChI is InChI=1S/C14H20N2O5/c1-2-3-9(15)13(19)16-10(14(20)21)6-8-4-5-11(17)12(18)7-8/h4-5,7,9-10,17-18H,2-3,6,15H2,1H3,(H,16,19)(H,20,21)/t9-,10+/m1/s1. The lowest BCUT2D eigenvalue weighted by atomic mass is 10.0. The zero-order valence-corrected chi connectivity index (χ0v) is 11.7. The number of hydrogen-bond donors (Lipinski definition) is 5. The SMILES string of the molecule is CCC[C@@H](N)C(=O)N[C@@H](Cc1ccc(O)c(O)c1)C(=O)O. The number of hydrogen-bond acceptors (Lipinski definition) is 5. The first-order valence-electron chi connectivity index (χ1n) is 6.64. The molecule has 0 aromatic heterocycles. The Morgan fingerprint density at radius 3 is 2.48 bits per heavy atom. The summed E-state index contributed by atoms with van der Waals surface area (Å²) in [5.41, 5.74) is 6.11. The Balaban J connectivity index is 2.76. The minimum Gasteiger partial charge on any atom is -0.504 e. The van der Waals surface area contributed by atoms with Crippen LogP contribution in [0.5, 0.6) is 11.5 Å². The second kappa shape index (κ2) is 7.49. The van der Waals surface area contributed by atoms with Gasteiger partial charge in [0.15, 0.2) is 11.5 Å². The van der Waals surface area contributed by atoms with E-state index in [1.807, 2.05) is 6.92 Å². The molecule has 7 heteroatoms. The first-order chi connectivity index (χ1) is 9.85. The van der Waals surface area contributed by atoms with Gasteiger partial charge in [0.05, 0.1) is 6.04 Å². The fraction of sp³-hybridized carbons (Fsp3) is 0.429. The third kappa shape index (κ3) is 4.96. The molecule has 0 aliphatic rings. The second-order valence-electron chi connectivity index (χ2n) is 4.82. The van der Waals surface area contributed by atoms with Gasteiger partial charge in [-0.15, -0.1) is 0 Å². The smallest absolute Gasteiger partial charge is 0.326 e. The summed E-state index contributed by atoms with van der Waals surface area (Å²) in [7, 11) is 0. The molecule has 21 heavy (non-hydrogen) atoms. The highest BCUT2D eigenvalue weighted by molar-refractivity contribution is 5.86. The second-order valence-corrected chi connectivity index (χ2v) is 4.82. The van der Waals surface area contributed by atoms with Gasteiger partial charge >= 0.3 is 5.97 Å². The number of aliphatic carboxylic acids is 1. The topological polar surface area (TPSA) is 133 Å². The van der Waals surface area contributed by atoms with E-state index in [2.05, 4.69) is 5.32 Å². The number of rotatable bonds is 7. The first kappa shape index (κ1) is 16.8. The molecule has 1 amide bonds. The maximum Gasteiger partial charge on any atom is 0.326 e. The minimum absolute atomic E-state index is 0.0201. The van der Waals surface area contributed by atoms with Crippen molar-refractivity contribution in [3.05, 3.63) is 23.8 Å². The number of carboxylic acid groups (broad SMARTS) is 1. The molecule has 0 bridgehead atoms. The Bertz CT molecular complexity index is 518. The molecule has 0 saturated heterocycles. The number of benzene rings is 1. The van der Waals surface area contributed by atoms with Crippen LogP contribution in [0, 0.1) is 0 Å². The van der Waals surface area contributed by atoms with Gasteiger partial charge in [-0.05, 0) is 24.1 Å². The lowest BCUT2D eigenvalue weighted by Gasteiger charge is -2.17. The Hall–Kier alpha value is -2.28. The summed E-state index contributed by atoms with van der Waals surface area (Å²) in [4.78, 5) is 23.0. The average Bonchev–Trinajstić information content (AvgIpc) is 2.42. The van der Waals surface area contributed by atoms with Gasteiger partial charge in [-0.2, -0.15) is 0 Å². The maximum absolute atomic E-state index is 11.8. The molecule has 7 nitrogen and oxygen atoms in total. The van der Waals surface area contributed by atoms with Crippen molar-refractivity contribution >= 4 is 11.9 Å². The van der Waals surface area contributed by atoms with Crippen molar-refractivity contribution in [2.75, 3.05) is 0 Å². The number of aromatic hydroxyl groups is 2. The normalized spacial score (nSPS) is 13.4. The van der Waals surface area contributed by atoms with Crippen LogP contribution < -0.4 is 11.1 Å². The van der Waals surface area contributed by atoms with Crippen LogP contribution in [-0.4, -0.2) is 39.3 Å². The van der Waals surface area contributed by atoms with E-state index in [1.54, 1.807) is 0 Å². The first-order valence-corrected chi connectivity index (χ1v) is 6.64. The van der Waals surface area contributed by atoms with Crippen molar-refractivity contribution in [3.63, 3.8) is 0 Å². The van der Waals surface area contributed by atoms with Gasteiger partial charge in [0.1, 0.15) is 6.04 Å². The van der Waals surface area contributed by atoms with Gasteiger partial charge in [-0.3, -0.25) is 4.79 Å². The van der Waals surface area contributed by atoms with Crippen LogP contribution in [0.25, 0.3) is 0 Å². The number of nitrogens with one attached hydrogen (secondary N) is 1. The highest BCUT2D eigenvalue weighted by Crippen LogP contribution is 2.25. The Morgan fingerprint density at radius 2 is 1.95 bits per heavy atom. The van der Waals surface area contributed by atoms with Gasteiger partial charge < -0.3 is 26.4 Å². The summed E-state index contributed by atoms with van der Waals surface area (Å²) < 4.78 is 0. The van der Waals surface area contributed by atoms with E-state index in [0.29, 0.717) is 12.0 Å². The molecule has 0 unspecified atom stereocenters. The van der Waals surface area contributed by atoms with Crippen LogP contribution in [0.15, 0.2) is 18.2 Å². The largest absolute Gasteiger partial charge is 0.504 e. The van der Waals surface area contributed by atoms with Crippen molar-refractivity contribution in [3.8, 4) is 11.5 Å². The fourth-order valence-corrected chi connectivity index (χ4v) is 1.85. The summed E-state index contributed by atoms with van der Waals surface area (Å²) in [5, 5.41) is 30.1. The van der Waals surface area contributed by atoms with Crippen LogP contribution in [0.4, 0.5) is 0 Å². The third-order valence-electron chi connectivity index (χ3n) is 3.03. The van der Waals surface area contributed by atoms with Gasteiger partial charge in [-0.25, -0.2) is 4.79 Å². The number of nitrogens with two attached hydrogens (primary N) is 1. The summed E-state index contributed by atoms with van der Waals surface area (Å²) in [5.74, 6) is -2.35. The zero-order chi connectivity index (χ0) is 16.0. The fourth-order valence-electron chi connectivity index (χ4n) is 1.85. The highest BCUT2D eigenvalue weighted by Gasteiger charge is 2.23. The van der Waals surface area contributed by atoms with Crippen LogP contribution in [0.2, 0.25) is 0 Å². The van der Waals surface area contributed by atoms with E-state index >= 15 is 0 Å². The molecule has 1 aromatic rings. The number of carbonyl (C=O) groups excluding carboxylic acids is 1. The Kier molecular flexibility index (Phi) is 5.98. The van der Waals surface area contributed by atoms with Crippen LogP contribution >= 0.6 is 0 Å². The molecule has 0 spiro atoms. The molecule has 6 N–H and O–H groups in total. The summed E-state index contributed by atoms with van der Waals surface area (Å²) >= 11 is 0. The number of carboxylic acids is 1. The van der Waals surface area contributed by atoms with Crippen molar-refractivity contribution < 1.29 is 24.9 Å². The van der Waals surface area contributed by atoms with E-state index in [1.165, 1.54) is 18.2 Å². The van der Waals surface area contributed by atoms with Crippen molar-refractivity contribution in [2.24, 2.45) is 5.73 Å². The van der Waals surface area contributed by atoms with E-state index in [9.17, 15) is 19.8 Å². The maximum atomic E-state index is 11.8. The predicted octanol–water partition coefficient (Wildman–Crippen LogP) is 0.337. The van der Waals surface area contributed by atoms with Crippen LogP contribution in [0.1, 0.15) is 25.3 Å². The lowest BCUT2D eigenvalue weighted by Crippen LogP contribution is -2.49. The summed E-state index contributed by atoms with van der Waals surface area (Å²) in [6, 6.07) is 2.09. The van der Waals surface area contributed by atoms with E-state index in [0.717, 1.165) is 6.42 Å².